The molecule has 2 heterocycles. The van der Waals surface area contributed by atoms with Crippen LogP contribution in [-0.4, -0.2) is 58.9 Å². The van der Waals surface area contributed by atoms with Gasteiger partial charge in [0.1, 0.15) is 12.4 Å². The zero-order valence-electron chi connectivity index (χ0n) is 20.4. The Morgan fingerprint density at radius 1 is 1.13 bits per heavy atom. The van der Waals surface area contributed by atoms with Crippen molar-refractivity contribution in [3.05, 3.63) is 88.5 Å². The van der Waals surface area contributed by atoms with Gasteiger partial charge < -0.3 is 15.7 Å². The van der Waals surface area contributed by atoms with E-state index in [1.54, 1.807) is 36.0 Å². The van der Waals surface area contributed by atoms with E-state index in [0.29, 0.717) is 22.0 Å². The molecule has 0 aliphatic heterocycles. The normalized spacial score (nSPS) is 11.9. The van der Waals surface area contributed by atoms with Gasteiger partial charge in [0.25, 0.3) is 0 Å². The summed E-state index contributed by atoms with van der Waals surface area (Å²) in [4.78, 5) is 37.2. The van der Waals surface area contributed by atoms with Crippen LogP contribution >= 0.6 is 11.6 Å². The van der Waals surface area contributed by atoms with Crippen LogP contribution in [0.5, 0.6) is 0 Å². The van der Waals surface area contributed by atoms with Gasteiger partial charge in [0.2, 0.25) is 11.8 Å². The Balaban J connectivity index is 1.54. The lowest BCUT2D eigenvalue weighted by Gasteiger charge is -2.18. The number of hydrogen-bond acceptors (Lipinski definition) is 7. The van der Waals surface area contributed by atoms with Gasteiger partial charge in [-0.25, -0.2) is 4.79 Å². The molecule has 194 valence electrons. The van der Waals surface area contributed by atoms with Gasteiger partial charge in [-0.15, -0.1) is 5.10 Å². The predicted molar refractivity (Wildman–Crippen MR) is 139 cm³/mol. The van der Waals surface area contributed by atoms with E-state index in [1.165, 1.54) is 41.4 Å². The fourth-order valence-corrected chi connectivity index (χ4v) is 3.90. The van der Waals surface area contributed by atoms with Crippen LogP contribution in [0.1, 0.15) is 27.3 Å². The van der Waals surface area contributed by atoms with Crippen LogP contribution in [0.4, 0.5) is 5.69 Å². The summed E-state index contributed by atoms with van der Waals surface area (Å²) in [5.41, 5.74) is 3.18. The van der Waals surface area contributed by atoms with E-state index in [9.17, 15) is 14.4 Å². The van der Waals surface area contributed by atoms with Crippen LogP contribution < -0.4 is 10.6 Å². The summed E-state index contributed by atoms with van der Waals surface area (Å²) in [7, 11) is 1.75. The number of tetrazole rings is 1. The first kappa shape index (κ1) is 26.2. The Bertz CT molecular complexity index is 1500. The molecule has 2 aromatic carbocycles. The standard InChI is InChI=1S/C25H23ClN8O4/c1-15-11-20(33(2)30-15)13-21(24(36)28-19-7-3-16(4-8-19)25(37)38)29-23(35)10-5-17-12-18(26)6-9-22(17)34-14-27-31-32-34/h3-12,14,21H,13H2,1-2H3,(H,28,36)(H,29,35)(H,37,38). The lowest BCUT2D eigenvalue weighted by molar-refractivity contribution is -0.123. The molecule has 0 spiro atoms. The molecule has 2 aromatic heterocycles. The minimum absolute atomic E-state index is 0.0883. The van der Waals surface area contributed by atoms with Crippen molar-refractivity contribution in [2.45, 2.75) is 19.4 Å². The molecule has 13 heteroatoms. The summed E-state index contributed by atoms with van der Waals surface area (Å²) in [6.07, 6.45) is 4.42. The summed E-state index contributed by atoms with van der Waals surface area (Å²) in [5.74, 6) is -2.08. The molecule has 0 bridgehead atoms. The van der Waals surface area contributed by atoms with E-state index in [2.05, 4.69) is 31.3 Å². The zero-order chi connectivity index (χ0) is 27.2. The molecule has 12 nitrogen and oxygen atoms in total. The third-order valence-corrected chi connectivity index (χ3v) is 5.78. The molecule has 1 unspecified atom stereocenters. The number of aromatic carboxylic acids is 1. The van der Waals surface area contributed by atoms with Crippen LogP contribution in [0.25, 0.3) is 11.8 Å². The minimum Gasteiger partial charge on any atom is -0.478 e. The number of halogens is 1. The molecule has 0 fully saturated rings. The molecular weight excluding hydrogens is 512 g/mol. The molecule has 1 atom stereocenters. The highest BCUT2D eigenvalue weighted by Crippen LogP contribution is 2.20. The fraction of sp³-hybridized carbons (Fsp3) is 0.160. The number of amides is 2. The quantitative estimate of drug-likeness (QED) is 0.276. The number of hydrogen-bond donors (Lipinski definition) is 3. The maximum atomic E-state index is 13.2. The molecule has 3 N–H and O–H groups in total. The number of rotatable bonds is 9. The number of carboxylic acids is 1. The van der Waals surface area contributed by atoms with Gasteiger partial charge in [-0.05, 0) is 72.0 Å². The Morgan fingerprint density at radius 3 is 2.53 bits per heavy atom. The topological polar surface area (TPSA) is 157 Å². The average Bonchev–Trinajstić information content (AvgIpc) is 3.52. The van der Waals surface area contributed by atoms with Crippen LogP contribution in [0.3, 0.4) is 0 Å². The zero-order valence-corrected chi connectivity index (χ0v) is 21.1. The van der Waals surface area contributed by atoms with Crippen LogP contribution in [0.15, 0.2) is 60.9 Å². The van der Waals surface area contributed by atoms with Crippen molar-refractivity contribution in [1.82, 2.24) is 35.3 Å². The van der Waals surface area contributed by atoms with E-state index >= 15 is 0 Å². The lowest BCUT2D eigenvalue weighted by atomic mass is 10.1. The Kier molecular flexibility index (Phi) is 7.92. The lowest BCUT2D eigenvalue weighted by Crippen LogP contribution is -2.45. The van der Waals surface area contributed by atoms with Gasteiger partial charge in [0.05, 0.1) is 16.9 Å². The number of anilines is 1. The number of nitrogens with zero attached hydrogens (tertiary/aromatic N) is 6. The first-order valence-corrected chi connectivity index (χ1v) is 11.7. The first-order valence-electron chi connectivity index (χ1n) is 11.3. The van der Waals surface area contributed by atoms with Crippen molar-refractivity contribution < 1.29 is 19.5 Å². The van der Waals surface area contributed by atoms with E-state index in [1.807, 2.05) is 13.0 Å². The highest BCUT2D eigenvalue weighted by atomic mass is 35.5. The van der Waals surface area contributed by atoms with Gasteiger partial charge in [-0.2, -0.15) is 9.78 Å². The summed E-state index contributed by atoms with van der Waals surface area (Å²) in [6.45, 7) is 1.83. The predicted octanol–water partition coefficient (Wildman–Crippen LogP) is 2.44. The number of nitrogens with one attached hydrogen (secondary N) is 2. The van der Waals surface area contributed by atoms with Crippen molar-refractivity contribution in [1.29, 1.82) is 0 Å². The molecule has 38 heavy (non-hydrogen) atoms. The number of carbonyl (C=O) groups excluding carboxylic acids is 2. The number of aryl methyl sites for hydroxylation is 2. The van der Waals surface area contributed by atoms with E-state index in [-0.39, 0.29) is 12.0 Å². The number of carboxylic acid groups (broad SMARTS) is 1. The molecule has 0 saturated heterocycles. The number of benzene rings is 2. The van der Waals surface area contributed by atoms with E-state index in [0.717, 1.165) is 11.4 Å². The molecule has 4 rings (SSSR count). The second kappa shape index (κ2) is 11.5. The maximum Gasteiger partial charge on any atom is 0.335 e. The average molecular weight is 535 g/mol. The number of aromatic nitrogens is 6. The van der Waals surface area contributed by atoms with Gasteiger partial charge >= 0.3 is 5.97 Å². The monoisotopic (exact) mass is 534 g/mol. The third kappa shape index (κ3) is 6.48. The SMILES string of the molecule is Cc1cc(CC(NC(=O)C=Cc2cc(Cl)ccc2-n2cnnn2)C(=O)Nc2ccc(C(=O)O)cc2)n(C)n1. The second-order valence-corrected chi connectivity index (χ2v) is 8.77. The fourth-order valence-electron chi connectivity index (χ4n) is 3.72. The largest absolute Gasteiger partial charge is 0.478 e. The van der Waals surface area contributed by atoms with Crippen LogP contribution in [0, 0.1) is 6.92 Å². The molecule has 0 aliphatic carbocycles. The van der Waals surface area contributed by atoms with E-state index in [4.69, 9.17) is 16.7 Å². The first-order chi connectivity index (χ1) is 18.2. The van der Waals surface area contributed by atoms with Gasteiger partial charge in [-0.3, -0.25) is 14.3 Å². The summed E-state index contributed by atoms with van der Waals surface area (Å²) in [6, 6.07) is 11.6. The maximum absolute atomic E-state index is 13.2. The van der Waals surface area contributed by atoms with Gasteiger partial charge in [-0.1, -0.05) is 11.6 Å². The van der Waals surface area contributed by atoms with Crippen molar-refractivity contribution >= 4 is 41.1 Å². The third-order valence-electron chi connectivity index (χ3n) is 5.54. The Labute approximate surface area is 221 Å². The summed E-state index contributed by atoms with van der Waals surface area (Å²) >= 11 is 6.14. The van der Waals surface area contributed by atoms with Crippen molar-refractivity contribution in [3.8, 4) is 5.69 Å². The smallest absolute Gasteiger partial charge is 0.335 e. The highest BCUT2D eigenvalue weighted by molar-refractivity contribution is 6.30. The summed E-state index contributed by atoms with van der Waals surface area (Å²) < 4.78 is 3.08. The van der Waals surface area contributed by atoms with E-state index < -0.39 is 23.8 Å². The second-order valence-electron chi connectivity index (χ2n) is 8.33. The van der Waals surface area contributed by atoms with Crippen molar-refractivity contribution in [2.75, 3.05) is 5.32 Å². The molecule has 4 aromatic rings. The number of carbonyl (C=O) groups is 3. The minimum atomic E-state index is -1.07. The summed E-state index contributed by atoms with van der Waals surface area (Å²) in [5, 5.41) is 30.4. The van der Waals surface area contributed by atoms with Gasteiger partial charge in [0, 0.05) is 41.5 Å². The Hall–Kier alpha value is -4.84. The highest BCUT2D eigenvalue weighted by Gasteiger charge is 2.23. The molecule has 0 aliphatic rings. The van der Waals surface area contributed by atoms with Crippen molar-refractivity contribution in [2.24, 2.45) is 7.05 Å². The van der Waals surface area contributed by atoms with Crippen molar-refractivity contribution in [3.63, 3.8) is 0 Å². The van der Waals surface area contributed by atoms with Crippen LogP contribution in [0.2, 0.25) is 5.02 Å². The molecule has 0 radical (unpaired) electrons. The molecular formula is C25H23ClN8O4. The van der Waals surface area contributed by atoms with Crippen LogP contribution in [-0.2, 0) is 23.1 Å². The van der Waals surface area contributed by atoms with Gasteiger partial charge in [0.15, 0.2) is 0 Å². The Morgan fingerprint density at radius 2 is 1.89 bits per heavy atom. The molecule has 0 saturated carbocycles. The molecule has 2 amide bonds.